The van der Waals surface area contributed by atoms with Gasteiger partial charge in [0.25, 0.3) is 0 Å². The van der Waals surface area contributed by atoms with Gasteiger partial charge in [0.2, 0.25) is 0 Å². The molecule has 1 aliphatic heterocycles. The van der Waals surface area contributed by atoms with Gasteiger partial charge in [0.1, 0.15) is 0 Å². The monoisotopic (exact) mass is 246 g/mol. The van der Waals surface area contributed by atoms with Gasteiger partial charge in [-0.25, -0.2) is 0 Å². The van der Waals surface area contributed by atoms with E-state index in [1.54, 1.807) is 0 Å². The van der Waals surface area contributed by atoms with E-state index < -0.39 is 0 Å². The van der Waals surface area contributed by atoms with Crippen molar-refractivity contribution >= 4 is 0 Å². The minimum atomic E-state index is 0.449. The molecule has 0 spiro atoms. The van der Waals surface area contributed by atoms with E-state index in [0.717, 1.165) is 12.6 Å². The number of benzene rings is 1. The summed E-state index contributed by atoms with van der Waals surface area (Å²) in [6.07, 6.45) is 4.10. The molecule has 18 heavy (non-hydrogen) atoms. The van der Waals surface area contributed by atoms with E-state index in [2.05, 4.69) is 55.4 Å². The number of aryl methyl sites for hydroxylation is 1. The lowest BCUT2D eigenvalue weighted by atomic mass is 9.99. The first kappa shape index (κ1) is 13.6. The van der Waals surface area contributed by atoms with Crippen LogP contribution in [-0.2, 0) is 0 Å². The first-order valence-electron chi connectivity index (χ1n) is 7.18. The van der Waals surface area contributed by atoms with Crippen molar-refractivity contribution in [1.82, 2.24) is 10.2 Å². The summed E-state index contributed by atoms with van der Waals surface area (Å²) in [5.41, 5.74) is 2.76. The van der Waals surface area contributed by atoms with Crippen LogP contribution in [0.15, 0.2) is 24.3 Å². The van der Waals surface area contributed by atoms with Crippen molar-refractivity contribution < 1.29 is 0 Å². The number of piperidine rings is 1. The molecule has 0 aromatic heterocycles. The van der Waals surface area contributed by atoms with Gasteiger partial charge >= 0.3 is 0 Å². The molecule has 0 saturated carbocycles. The molecule has 2 nitrogen and oxygen atoms in total. The first-order valence-corrected chi connectivity index (χ1v) is 7.18. The zero-order chi connectivity index (χ0) is 13.0. The third kappa shape index (κ3) is 3.33. The molecular formula is C16H26N2. The summed E-state index contributed by atoms with van der Waals surface area (Å²) in [6.45, 7) is 6.91. The van der Waals surface area contributed by atoms with Crippen LogP contribution in [0.4, 0.5) is 0 Å². The average Bonchev–Trinajstić information content (AvgIpc) is 2.38. The Morgan fingerprint density at radius 1 is 1.39 bits per heavy atom. The minimum Gasteiger partial charge on any atom is -0.312 e. The maximum Gasteiger partial charge on any atom is 0.0447 e. The topological polar surface area (TPSA) is 15.3 Å². The molecule has 1 aliphatic rings. The van der Waals surface area contributed by atoms with E-state index in [1.165, 1.54) is 36.9 Å². The second kappa shape index (κ2) is 6.35. The highest BCUT2D eigenvalue weighted by Crippen LogP contribution is 2.21. The summed E-state index contributed by atoms with van der Waals surface area (Å²) in [6, 6.07) is 10.1. The summed E-state index contributed by atoms with van der Waals surface area (Å²) in [5.74, 6) is 0. The smallest absolute Gasteiger partial charge is 0.0447 e. The van der Waals surface area contributed by atoms with E-state index in [0.29, 0.717) is 6.04 Å². The molecule has 1 N–H and O–H groups in total. The first-order chi connectivity index (χ1) is 8.70. The van der Waals surface area contributed by atoms with Crippen molar-refractivity contribution in [1.29, 1.82) is 0 Å². The number of nitrogens with one attached hydrogen (secondary N) is 1. The molecule has 1 aromatic carbocycles. The van der Waals surface area contributed by atoms with E-state index in [4.69, 9.17) is 0 Å². The molecule has 0 bridgehead atoms. The van der Waals surface area contributed by atoms with Gasteiger partial charge in [-0.05, 0) is 45.8 Å². The van der Waals surface area contributed by atoms with Crippen LogP contribution in [0.5, 0.6) is 0 Å². The summed E-state index contributed by atoms with van der Waals surface area (Å²) >= 11 is 0. The van der Waals surface area contributed by atoms with E-state index >= 15 is 0 Å². The lowest BCUT2D eigenvalue weighted by molar-refractivity contribution is 0.146. The standard InChI is InChI=1S/C16H26N2/c1-13-7-6-9-15(11-13)16(17-3)12-18-10-5-4-8-14(18)2/h6-7,9,11,14,16-17H,4-5,8,10,12H2,1-3H3. The van der Waals surface area contributed by atoms with Crippen LogP contribution >= 0.6 is 0 Å². The highest BCUT2D eigenvalue weighted by molar-refractivity contribution is 5.25. The lowest BCUT2D eigenvalue weighted by Gasteiger charge is -2.36. The van der Waals surface area contributed by atoms with Gasteiger partial charge in [-0.1, -0.05) is 36.2 Å². The fourth-order valence-electron chi connectivity index (χ4n) is 2.91. The molecular weight excluding hydrogens is 220 g/mol. The largest absolute Gasteiger partial charge is 0.312 e. The maximum atomic E-state index is 3.47. The molecule has 0 radical (unpaired) electrons. The fraction of sp³-hybridized carbons (Fsp3) is 0.625. The minimum absolute atomic E-state index is 0.449. The molecule has 1 heterocycles. The maximum absolute atomic E-state index is 3.47. The Hall–Kier alpha value is -0.860. The molecule has 1 saturated heterocycles. The van der Waals surface area contributed by atoms with Crippen molar-refractivity contribution in [2.75, 3.05) is 20.1 Å². The van der Waals surface area contributed by atoms with Crippen LogP contribution in [0, 0.1) is 6.92 Å². The Morgan fingerprint density at radius 3 is 2.89 bits per heavy atom. The van der Waals surface area contributed by atoms with Gasteiger partial charge in [-0.2, -0.15) is 0 Å². The number of hydrogen-bond donors (Lipinski definition) is 1. The zero-order valence-electron chi connectivity index (χ0n) is 11.9. The van der Waals surface area contributed by atoms with Crippen LogP contribution in [-0.4, -0.2) is 31.1 Å². The molecule has 1 fully saturated rings. The van der Waals surface area contributed by atoms with Crippen molar-refractivity contribution in [3.8, 4) is 0 Å². The van der Waals surface area contributed by atoms with Crippen molar-refractivity contribution in [3.63, 3.8) is 0 Å². The summed E-state index contributed by atoms with van der Waals surface area (Å²) in [5, 5.41) is 3.47. The van der Waals surface area contributed by atoms with E-state index in [1.807, 2.05) is 0 Å². The second-order valence-electron chi connectivity index (χ2n) is 5.60. The predicted octanol–water partition coefficient (Wildman–Crippen LogP) is 3.13. The lowest BCUT2D eigenvalue weighted by Crippen LogP contribution is -2.42. The molecule has 0 aliphatic carbocycles. The van der Waals surface area contributed by atoms with Gasteiger partial charge in [0, 0.05) is 18.6 Å². The Morgan fingerprint density at radius 2 is 2.22 bits per heavy atom. The number of hydrogen-bond acceptors (Lipinski definition) is 2. The third-order valence-electron chi connectivity index (χ3n) is 4.15. The molecule has 100 valence electrons. The Labute approximate surface area is 111 Å². The van der Waals surface area contributed by atoms with Gasteiger partial charge in [0.05, 0.1) is 0 Å². The Kier molecular flexibility index (Phi) is 4.79. The predicted molar refractivity (Wildman–Crippen MR) is 77.9 cm³/mol. The number of rotatable bonds is 4. The third-order valence-corrected chi connectivity index (χ3v) is 4.15. The number of likely N-dealkylation sites (tertiary alicyclic amines) is 1. The number of likely N-dealkylation sites (N-methyl/N-ethyl adjacent to an activating group) is 1. The van der Waals surface area contributed by atoms with Gasteiger partial charge in [0.15, 0.2) is 0 Å². The van der Waals surface area contributed by atoms with Crippen molar-refractivity contribution in [3.05, 3.63) is 35.4 Å². The van der Waals surface area contributed by atoms with Crippen LogP contribution in [0.1, 0.15) is 43.4 Å². The fourth-order valence-corrected chi connectivity index (χ4v) is 2.91. The van der Waals surface area contributed by atoms with E-state index in [-0.39, 0.29) is 0 Å². The summed E-state index contributed by atoms with van der Waals surface area (Å²) in [4.78, 5) is 2.63. The average molecular weight is 246 g/mol. The molecule has 2 atom stereocenters. The van der Waals surface area contributed by atoms with Crippen LogP contribution < -0.4 is 5.32 Å². The molecule has 1 aromatic rings. The van der Waals surface area contributed by atoms with Gasteiger partial charge in [-0.15, -0.1) is 0 Å². The molecule has 2 rings (SSSR count). The van der Waals surface area contributed by atoms with Crippen LogP contribution in [0.3, 0.4) is 0 Å². The molecule has 2 unspecified atom stereocenters. The number of nitrogens with zero attached hydrogens (tertiary/aromatic N) is 1. The zero-order valence-corrected chi connectivity index (χ0v) is 11.9. The molecule has 0 amide bonds. The summed E-state index contributed by atoms with van der Waals surface area (Å²) in [7, 11) is 2.07. The van der Waals surface area contributed by atoms with Crippen LogP contribution in [0.25, 0.3) is 0 Å². The highest BCUT2D eigenvalue weighted by atomic mass is 15.2. The SMILES string of the molecule is CNC(CN1CCCCC1C)c1cccc(C)c1. The second-order valence-corrected chi connectivity index (χ2v) is 5.60. The Bertz CT molecular complexity index is 375. The van der Waals surface area contributed by atoms with Gasteiger partial charge < -0.3 is 5.32 Å². The van der Waals surface area contributed by atoms with Gasteiger partial charge in [-0.3, -0.25) is 4.90 Å². The van der Waals surface area contributed by atoms with Crippen molar-refractivity contribution in [2.45, 2.75) is 45.2 Å². The molecule has 2 heteroatoms. The van der Waals surface area contributed by atoms with E-state index in [9.17, 15) is 0 Å². The normalized spacial score (nSPS) is 22.9. The van der Waals surface area contributed by atoms with Crippen molar-refractivity contribution in [2.24, 2.45) is 0 Å². The van der Waals surface area contributed by atoms with Crippen LogP contribution in [0.2, 0.25) is 0 Å². The Balaban J connectivity index is 2.04. The summed E-state index contributed by atoms with van der Waals surface area (Å²) < 4.78 is 0. The highest BCUT2D eigenvalue weighted by Gasteiger charge is 2.21. The quantitative estimate of drug-likeness (QED) is 0.878.